The molecule has 0 radical (unpaired) electrons. The number of rotatable bonds is 2. The van der Waals surface area contributed by atoms with Crippen LogP contribution in [0.5, 0.6) is 5.75 Å². The summed E-state index contributed by atoms with van der Waals surface area (Å²) in [4.78, 5) is 12.4. The highest BCUT2D eigenvalue weighted by molar-refractivity contribution is 5.49. The summed E-state index contributed by atoms with van der Waals surface area (Å²) in [5.74, 6) is -0.859. The molecule has 0 amide bonds. The van der Waals surface area contributed by atoms with Gasteiger partial charge in [0, 0.05) is 6.20 Å². The van der Waals surface area contributed by atoms with E-state index in [2.05, 4.69) is 4.98 Å². The highest BCUT2D eigenvalue weighted by atomic mass is 19.3. The Kier molecular flexibility index (Phi) is 2.36. The average Bonchev–Trinajstić information content (AvgIpc) is 2.02. The fourth-order valence-electron chi connectivity index (χ4n) is 0.817. The lowest BCUT2D eigenvalue weighted by Gasteiger charge is -2.01. The number of alkyl halides is 2. The van der Waals surface area contributed by atoms with Crippen LogP contribution in [0.1, 0.15) is 12.0 Å². The molecule has 7 heteroatoms. The second-order valence-corrected chi connectivity index (χ2v) is 2.15. The van der Waals surface area contributed by atoms with E-state index < -0.39 is 28.3 Å². The van der Waals surface area contributed by atoms with E-state index in [-0.39, 0.29) is 0 Å². The molecule has 0 saturated heterocycles. The molecule has 5 nitrogen and oxygen atoms in total. The van der Waals surface area contributed by atoms with Gasteiger partial charge in [-0.15, -0.1) is 0 Å². The van der Waals surface area contributed by atoms with Gasteiger partial charge in [0.05, 0.1) is 11.1 Å². The normalized spacial score (nSPS) is 10.4. The van der Waals surface area contributed by atoms with Crippen LogP contribution in [0.3, 0.4) is 0 Å². The van der Waals surface area contributed by atoms with Gasteiger partial charge in [-0.1, -0.05) is 0 Å². The molecule has 0 aliphatic heterocycles. The number of hydrogen-bond acceptors (Lipinski definition) is 4. The van der Waals surface area contributed by atoms with E-state index in [4.69, 9.17) is 5.11 Å². The standard InChI is InChI=1S/C6H4F2N2O3/c7-6(8)3-1-9-2-4(11)5(3)10(12)13/h1-2,6,11H. The van der Waals surface area contributed by atoms with Crippen molar-refractivity contribution in [3.05, 3.63) is 28.1 Å². The fraction of sp³-hybridized carbons (Fsp3) is 0.167. The molecule has 0 bridgehead atoms. The van der Waals surface area contributed by atoms with Gasteiger partial charge >= 0.3 is 5.69 Å². The summed E-state index contributed by atoms with van der Waals surface area (Å²) in [5.41, 5.74) is -1.88. The van der Waals surface area contributed by atoms with Crippen LogP contribution in [-0.4, -0.2) is 15.0 Å². The minimum absolute atomic E-state index is 0.655. The number of nitro groups is 1. The zero-order chi connectivity index (χ0) is 10.0. The Morgan fingerprint density at radius 1 is 1.54 bits per heavy atom. The third-order valence-corrected chi connectivity index (χ3v) is 1.34. The smallest absolute Gasteiger partial charge is 0.322 e. The summed E-state index contributed by atoms with van der Waals surface area (Å²) in [6, 6.07) is 0. The number of aromatic nitrogens is 1. The first-order valence-corrected chi connectivity index (χ1v) is 3.13. The lowest BCUT2D eigenvalue weighted by atomic mass is 10.2. The molecule has 1 N–H and O–H groups in total. The zero-order valence-electron chi connectivity index (χ0n) is 6.15. The van der Waals surface area contributed by atoms with E-state index in [1.807, 2.05) is 0 Å². The van der Waals surface area contributed by atoms with Crippen molar-refractivity contribution in [1.29, 1.82) is 0 Å². The highest BCUT2D eigenvalue weighted by Gasteiger charge is 2.25. The predicted molar refractivity (Wildman–Crippen MR) is 37.5 cm³/mol. The van der Waals surface area contributed by atoms with Crippen LogP contribution in [0.2, 0.25) is 0 Å². The van der Waals surface area contributed by atoms with Crippen molar-refractivity contribution < 1.29 is 18.8 Å². The van der Waals surface area contributed by atoms with Gasteiger partial charge in [-0.2, -0.15) is 0 Å². The maximum atomic E-state index is 12.1. The summed E-state index contributed by atoms with van der Waals surface area (Å²) in [6.07, 6.45) is -1.63. The number of halogens is 2. The van der Waals surface area contributed by atoms with Crippen LogP contribution in [0.25, 0.3) is 0 Å². The molecule has 0 saturated carbocycles. The van der Waals surface area contributed by atoms with Gasteiger partial charge in [-0.3, -0.25) is 15.1 Å². The minimum atomic E-state index is -3.03. The Morgan fingerprint density at radius 2 is 2.15 bits per heavy atom. The van der Waals surface area contributed by atoms with Crippen molar-refractivity contribution in [2.24, 2.45) is 0 Å². The van der Waals surface area contributed by atoms with Gasteiger partial charge in [0.15, 0.2) is 0 Å². The van der Waals surface area contributed by atoms with Crippen LogP contribution in [0.4, 0.5) is 14.5 Å². The maximum absolute atomic E-state index is 12.1. The summed E-state index contributed by atoms with van der Waals surface area (Å²) >= 11 is 0. The van der Waals surface area contributed by atoms with Crippen LogP contribution in [0.15, 0.2) is 12.4 Å². The predicted octanol–water partition coefficient (Wildman–Crippen LogP) is 1.63. The number of aromatic hydroxyl groups is 1. The van der Waals surface area contributed by atoms with Crippen molar-refractivity contribution >= 4 is 5.69 Å². The fourth-order valence-corrected chi connectivity index (χ4v) is 0.817. The van der Waals surface area contributed by atoms with Crippen LogP contribution >= 0.6 is 0 Å². The molecule has 0 aliphatic carbocycles. The van der Waals surface area contributed by atoms with Crippen molar-refractivity contribution in [2.75, 3.05) is 0 Å². The third kappa shape index (κ3) is 1.68. The first-order valence-electron chi connectivity index (χ1n) is 3.13. The molecule has 1 aromatic heterocycles. The Balaban J connectivity index is 3.34. The molecule has 0 aromatic carbocycles. The second-order valence-electron chi connectivity index (χ2n) is 2.15. The summed E-state index contributed by atoms with van der Waals surface area (Å²) in [7, 11) is 0. The molecule has 0 aliphatic rings. The Labute approximate surface area is 70.8 Å². The lowest BCUT2D eigenvalue weighted by Crippen LogP contribution is -1.97. The van der Waals surface area contributed by atoms with Crippen LogP contribution < -0.4 is 0 Å². The zero-order valence-corrected chi connectivity index (χ0v) is 6.15. The third-order valence-electron chi connectivity index (χ3n) is 1.34. The Hall–Kier alpha value is -1.79. The van der Waals surface area contributed by atoms with Crippen molar-refractivity contribution in [2.45, 2.75) is 6.43 Å². The van der Waals surface area contributed by atoms with Gasteiger partial charge < -0.3 is 5.11 Å². The molecule has 1 heterocycles. The Bertz CT molecular complexity index is 343. The largest absolute Gasteiger partial charge is 0.501 e. The molecule has 0 fully saturated rings. The first kappa shape index (κ1) is 9.30. The number of pyridine rings is 1. The van der Waals surface area contributed by atoms with Gasteiger partial charge in [-0.05, 0) is 0 Å². The molecule has 0 unspecified atom stereocenters. The van der Waals surface area contributed by atoms with E-state index in [1.165, 1.54) is 0 Å². The molecule has 13 heavy (non-hydrogen) atoms. The van der Waals surface area contributed by atoms with Gasteiger partial charge in [0.1, 0.15) is 5.56 Å². The van der Waals surface area contributed by atoms with Crippen LogP contribution in [0, 0.1) is 10.1 Å². The lowest BCUT2D eigenvalue weighted by molar-refractivity contribution is -0.387. The molecule has 70 valence electrons. The number of nitrogens with zero attached hydrogens (tertiary/aromatic N) is 2. The van der Waals surface area contributed by atoms with Gasteiger partial charge in [-0.25, -0.2) is 8.78 Å². The molecule has 0 atom stereocenters. The summed E-state index contributed by atoms with van der Waals surface area (Å²) in [6.45, 7) is 0. The van der Waals surface area contributed by atoms with Gasteiger partial charge in [0.2, 0.25) is 5.75 Å². The molecular formula is C6H4F2N2O3. The number of hydrogen-bond donors (Lipinski definition) is 1. The van der Waals surface area contributed by atoms with Crippen molar-refractivity contribution in [1.82, 2.24) is 4.98 Å². The van der Waals surface area contributed by atoms with E-state index in [1.54, 1.807) is 0 Å². The topological polar surface area (TPSA) is 76.3 Å². The van der Waals surface area contributed by atoms with E-state index in [0.29, 0.717) is 6.20 Å². The van der Waals surface area contributed by atoms with Crippen molar-refractivity contribution in [3.8, 4) is 5.75 Å². The Morgan fingerprint density at radius 3 is 2.54 bits per heavy atom. The summed E-state index contributed by atoms with van der Waals surface area (Å²) in [5, 5.41) is 19.1. The molecule has 1 rings (SSSR count). The van der Waals surface area contributed by atoms with E-state index >= 15 is 0 Å². The second kappa shape index (κ2) is 3.30. The molecule has 1 aromatic rings. The maximum Gasteiger partial charge on any atom is 0.322 e. The molecular weight excluding hydrogens is 186 g/mol. The minimum Gasteiger partial charge on any atom is -0.501 e. The highest BCUT2D eigenvalue weighted by Crippen LogP contribution is 2.34. The average molecular weight is 190 g/mol. The van der Waals surface area contributed by atoms with E-state index in [0.717, 1.165) is 6.20 Å². The van der Waals surface area contributed by atoms with Gasteiger partial charge in [0.25, 0.3) is 6.43 Å². The first-order chi connectivity index (χ1) is 6.04. The van der Waals surface area contributed by atoms with Crippen LogP contribution in [-0.2, 0) is 0 Å². The van der Waals surface area contributed by atoms with Crippen molar-refractivity contribution in [3.63, 3.8) is 0 Å². The quantitative estimate of drug-likeness (QED) is 0.567. The SMILES string of the molecule is O=[N+]([O-])c1c(O)cncc1C(F)F. The molecule has 0 spiro atoms. The summed E-state index contributed by atoms with van der Waals surface area (Å²) < 4.78 is 24.2. The van der Waals surface area contributed by atoms with E-state index in [9.17, 15) is 18.9 Å². The monoisotopic (exact) mass is 190 g/mol.